The van der Waals surface area contributed by atoms with Gasteiger partial charge in [-0.1, -0.05) is 17.3 Å². The quantitative estimate of drug-likeness (QED) is 0.752. The molecule has 1 aromatic carbocycles. The molecule has 0 atom stereocenters. The summed E-state index contributed by atoms with van der Waals surface area (Å²) >= 11 is 0. The van der Waals surface area contributed by atoms with Gasteiger partial charge in [0.05, 0.1) is 25.5 Å². The predicted octanol–water partition coefficient (Wildman–Crippen LogP) is 1.38. The molecule has 0 spiro atoms. The lowest BCUT2D eigenvalue weighted by atomic mass is 10.2. The van der Waals surface area contributed by atoms with Crippen molar-refractivity contribution in [2.45, 2.75) is 6.42 Å². The Bertz CT molecular complexity index is 424. The van der Waals surface area contributed by atoms with Gasteiger partial charge in [-0.3, -0.25) is 0 Å². The van der Waals surface area contributed by atoms with Gasteiger partial charge in [-0.25, -0.2) is 0 Å². The summed E-state index contributed by atoms with van der Waals surface area (Å²) in [5.41, 5.74) is 1.71. The molecule has 80 valence electrons. The fraction of sp³-hybridized carbons (Fsp3) is 0.364. The van der Waals surface area contributed by atoms with E-state index in [9.17, 15) is 0 Å². The second-order valence-electron chi connectivity index (χ2n) is 3.21. The van der Waals surface area contributed by atoms with Crippen molar-refractivity contribution in [3.63, 3.8) is 0 Å². The maximum atomic E-state index is 8.54. The highest BCUT2D eigenvalue weighted by Gasteiger charge is 2.06. The molecule has 2 rings (SSSR count). The minimum absolute atomic E-state index is 0.0551. The SMILES string of the molecule is OCCOCCc1noc2ccccc12. The Hall–Kier alpha value is -1.39. The van der Waals surface area contributed by atoms with Crippen molar-refractivity contribution in [2.24, 2.45) is 0 Å². The average Bonchev–Trinajstić information content (AvgIpc) is 2.68. The molecule has 4 nitrogen and oxygen atoms in total. The van der Waals surface area contributed by atoms with Crippen LogP contribution in [-0.2, 0) is 11.2 Å². The van der Waals surface area contributed by atoms with Crippen LogP contribution in [0, 0.1) is 0 Å². The lowest BCUT2D eigenvalue weighted by Crippen LogP contribution is -2.03. The Morgan fingerprint density at radius 2 is 2.13 bits per heavy atom. The van der Waals surface area contributed by atoms with Crippen molar-refractivity contribution >= 4 is 11.0 Å². The van der Waals surface area contributed by atoms with E-state index >= 15 is 0 Å². The summed E-state index contributed by atoms with van der Waals surface area (Å²) in [6.45, 7) is 0.979. The number of para-hydroxylation sites is 1. The molecule has 0 aliphatic heterocycles. The van der Waals surface area contributed by atoms with E-state index < -0.39 is 0 Å². The van der Waals surface area contributed by atoms with Crippen LogP contribution in [0.4, 0.5) is 0 Å². The molecular weight excluding hydrogens is 194 g/mol. The molecule has 0 unspecified atom stereocenters. The van der Waals surface area contributed by atoms with E-state index in [1.807, 2.05) is 24.3 Å². The van der Waals surface area contributed by atoms with Gasteiger partial charge in [0.1, 0.15) is 0 Å². The maximum absolute atomic E-state index is 8.54. The zero-order valence-corrected chi connectivity index (χ0v) is 8.35. The van der Waals surface area contributed by atoms with E-state index in [1.165, 1.54) is 0 Å². The molecule has 1 N–H and O–H groups in total. The molecule has 0 fully saturated rings. The largest absolute Gasteiger partial charge is 0.394 e. The lowest BCUT2D eigenvalue weighted by molar-refractivity contribution is 0.0938. The Morgan fingerprint density at radius 1 is 1.27 bits per heavy atom. The van der Waals surface area contributed by atoms with E-state index in [0.29, 0.717) is 19.6 Å². The van der Waals surface area contributed by atoms with Crippen molar-refractivity contribution < 1.29 is 14.4 Å². The molecule has 2 aromatic rings. The second-order valence-corrected chi connectivity index (χ2v) is 3.21. The molecule has 15 heavy (non-hydrogen) atoms. The third kappa shape index (κ3) is 2.34. The van der Waals surface area contributed by atoms with Crippen molar-refractivity contribution in [1.29, 1.82) is 0 Å². The van der Waals surface area contributed by atoms with Gasteiger partial charge in [0.25, 0.3) is 0 Å². The Morgan fingerprint density at radius 3 is 3.00 bits per heavy atom. The number of benzene rings is 1. The first-order valence-corrected chi connectivity index (χ1v) is 4.93. The molecule has 0 amide bonds. The van der Waals surface area contributed by atoms with Crippen molar-refractivity contribution in [3.05, 3.63) is 30.0 Å². The smallest absolute Gasteiger partial charge is 0.167 e. The van der Waals surface area contributed by atoms with Crippen LogP contribution >= 0.6 is 0 Å². The highest BCUT2D eigenvalue weighted by atomic mass is 16.5. The van der Waals surface area contributed by atoms with E-state index in [0.717, 1.165) is 16.7 Å². The first kappa shape index (κ1) is 10.1. The Kier molecular flexibility index (Phi) is 3.32. The van der Waals surface area contributed by atoms with Gasteiger partial charge in [0.15, 0.2) is 5.58 Å². The highest BCUT2D eigenvalue weighted by Crippen LogP contribution is 2.17. The highest BCUT2D eigenvalue weighted by molar-refractivity contribution is 5.79. The molecule has 0 bridgehead atoms. The third-order valence-electron chi connectivity index (χ3n) is 2.17. The van der Waals surface area contributed by atoms with Gasteiger partial charge in [-0.15, -0.1) is 0 Å². The van der Waals surface area contributed by atoms with E-state index in [-0.39, 0.29) is 6.61 Å². The summed E-state index contributed by atoms with van der Waals surface area (Å²) in [4.78, 5) is 0. The number of aromatic nitrogens is 1. The van der Waals surface area contributed by atoms with Crippen molar-refractivity contribution in [1.82, 2.24) is 5.16 Å². The lowest BCUT2D eigenvalue weighted by Gasteiger charge is -1.98. The number of nitrogens with zero attached hydrogens (tertiary/aromatic N) is 1. The minimum Gasteiger partial charge on any atom is -0.394 e. The summed E-state index contributed by atoms with van der Waals surface area (Å²) in [5, 5.41) is 13.5. The van der Waals surface area contributed by atoms with Gasteiger partial charge in [0.2, 0.25) is 0 Å². The van der Waals surface area contributed by atoms with Crippen LogP contribution < -0.4 is 0 Å². The minimum atomic E-state index is 0.0551. The normalized spacial score (nSPS) is 11.0. The molecule has 1 heterocycles. The van der Waals surface area contributed by atoms with Crippen LogP contribution in [0.1, 0.15) is 5.69 Å². The number of hydrogen-bond acceptors (Lipinski definition) is 4. The number of ether oxygens (including phenoxy) is 1. The average molecular weight is 207 g/mol. The summed E-state index contributed by atoms with van der Waals surface area (Å²) < 4.78 is 10.3. The molecule has 0 aliphatic rings. The van der Waals surface area contributed by atoms with Crippen LogP contribution in [0.3, 0.4) is 0 Å². The summed E-state index contributed by atoms with van der Waals surface area (Å²) in [6.07, 6.45) is 0.705. The molecule has 0 aliphatic carbocycles. The maximum Gasteiger partial charge on any atom is 0.167 e. The molecule has 1 aromatic heterocycles. The van der Waals surface area contributed by atoms with Crippen LogP contribution in [0.25, 0.3) is 11.0 Å². The zero-order valence-electron chi connectivity index (χ0n) is 8.35. The van der Waals surface area contributed by atoms with Crippen LogP contribution in [0.2, 0.25) is 0 Å². The molecule has 0 radical (unpaired) electrons. The summed E-state index contributed by atoms with van der Waals surface area (Å²) in [6, 6.07) is 7.74. The Balaban J connectivity index is 2.02. The second kappa shape index (κ2) is 4.91. The zero-order chi connectivity index (χ0) is 10.5. The van der Waals surface area contributed by atoms with Gasteiger partial charge in [-0.05, 0) is 12.1 Å². The van der Waals surface area contributed by atoms with E-state index in [1.54, 1.807) is 0 Å². The van der Waals surface area contributed by atoms with Gasteiger partial charge in [0, 0.05) is 11.8 Å². The number of fused-ring (bicyclic) bond motifs is 1. The number of aliphatic hydroxyl groups excluding tert-OH is 1. The molecule has 0 saturated heterocycles. The molecule has 0 saturated carbocycles. The fourth-order valence-corrected chi connectivity index (χ4v) is 1.45. The topological polar surface area (TPSA) is 55.5 Å². The summed E-state index contributed by atoms with van der Waals surface area (Å²) in [7, 11) is 0. The number of hydrogen-bond donors (Lipinski definition) is 1. The fourth-order valence-electron chi connectivity index (χ4n) is 1.45. The number of rotatable bonds is 5. The Labute approximate surface area is 87.4 Å². The van der Waals surface area contributed by atoms with Crippen LogP contribution in [0.15, 0.2) is 28.8 Å². The standard InChI is InChI=1S/C11H13NO3/c13-6-8-14-7-5-10-9-3-1-2-4-11(9)15-12-10/h1-4,13H,5-8H2. The van der Waals surface area contributed by atoms with Gasteiger partial charge >= 0.3 is 0 Å². The predicted molar refractivity (Wildman–Crippen MR) is 55.6 cm³/mol. The monoisotopic (exact) mass is 207 g/mol. The molecule has 4 heteroatoms. The van der Waals surface area contributed by atoms with Crippen molar-refractivity contribution in [2.75, 3.05) is 19.8 Å². The first-order valence-electron chi connectivity index (χ1n) is 4.93. The summed E-state index contributed by atoms with van der Waals surface area (Å²) in [5.74, 6) is 0. The van der Waals surface area contributed by atoms with Crippen molar-refractivity contribution in [3.8, 4) is 0 Å². The molecular formula is C11H13NO3. The van der Waals surface area contributed by atoms with Gasteiger partial charge in [-0.2, -0.15) is 0 Å². The van der Waals surface area contributed by atoms with E-state index in [4.69, 9.17) is 14.4 Å². The van der Waals surface area contributed by atoms with Crippen LogP contribution in [-0.4, -0.2) is 30.1 Å². The van der Waals surface area contributed by atoms with Crippen LogP contribution in [0.5, 0.6) is 0 Å². The number of aliphatic hydroxyl groups is 1. The van der Waals surface area contributed by atoms with E-state index in [2.05, 4.69) is 5.16 Å². The third-order valence-corrected chi connectivity index (χ3v) is 2.17. The van der Waals surface area contributed by atoms with Gasteiger partial charge < -0.3 is 14.4 Å². The first-order chi connectivity index (χ1) is 7.42.